The summed E-state index contributed by atoms with van der Waals surface area (Å²) in [6, 6.07) is 26.3. The number of hydrogen-bond acceptors (Lipinski definition) is 1. The van der Waals surface area contributed by atoms with Gasteiger partial charge in [0, 0.05) is 4.70 Å². The van der Waals surface area contributed by atoms with Crippen molar-refractivity contribution in [1.82, 2.24) is 0 Å². The molecule has 0 saturated heterocycles. The predicted molar refractivity (Wildman–Crippen MR) is 97.4 cm³/mol. The zero-order chi connectivity index (χ0) is 14.9. The molecule has 0 bridgehead atoms. The summed E-state index contributed by atoms with van der Waals surface area (Å²) in [6.07, 6.45) is 0. The lowest BCUT2D eigenvalue weighted by atomic mass is 9.99. The Morgan fingerprint density at radius 1 is 0.636 bits per heavy atom. The number of benzene rings is 3. The molecule has 22 heavy (non-hydrogen) atoms. The van der Waals surface area contributed by atoms with Crippen LogP contribution in [0, 0.1) is 6.92 Å². The van der Waals surface area contributed by atoms with Crippen LogP contribution in [0.2, 0.25) is 0 Å². The van der Waals surface area contributed by atoms with Gasteiger partial charge in [-0.15, -0.1) is 11.3 Å². The summed E-state index contributed by atoms with van der Waals surface area (Å²) in [5.74, 6) is 0. The summed E-state index contributed by atoms with van der Waals surface area (Å²) >= 11 is 1.81. The van der Waals surface area contributed by atoms with Crippen LogP contribution in [-0.4, -0.2) is 0 Å². The zero-order valence-corrected chi connectivity index (χ0v) is 13.2. The molecule has 0 nitrogen and oxygen atoms in total. The van der Waals surface area contributed by atoms with Gasteiger partial charge in [-0.05, 0) is 46.0 Å². The Balaban J connectivity index is 1.76. The van der Waals surface area contributed by atoms with Gasteiger partial charge < -0.3 is 0 Å². The van der Waals surface area contributed by atoms with E-state index in [2.05, 4.69) is 85.1 Å². The Kier molecular flexibility index (Phi) is 3.28. The first-order chi connectivity index (χ1) is 10.8. The topological polar surface area (TPSA) is 0 Å². The smallest absolute Gasteiger partial charge is 0.0421 e. The summed E-state index contributed by atoms with van der Waals surface area (Å²) in [6.45, 7) is 2.12. The minimum Gasteiger partial charge on any atom is -0.143 e. The van der Waals surface area contributed by atoms with Gasteiger partial charge in [0.15, 0.2) is 0 Å². The van der Waals surface area contributed by atoms with Gasteiger partial charge in [-0.25, -0.2) is 0 Å². The van der Waals surface area contributed by atoms with Crippen LogP contribution in [-0.2, 0) is 0 Å². The highest BCUT2D eigenvalue weighted by atomic mass is 32.1. The monoisotopic (exact) mass is 300 g/mol. The maximum Gasteiger partial charge on any atom is 0.0421 e. The number of fused-ring (bicyclic) bond motifs is 1. The molecule has 0 unspecified atom stereocenters. The Bertz CT molecular complexity index is 912. The van der Waals surface area contributed by atoms with E-state index in [1.807, 2.05) is 11.3 Å². The van der Waals surface area contributed by atoms with Gasteiger partial charge in [-0.2, -0.15) is 0 Å². The van der Waals surface area contributed by atoms with Crippen molar-refractivity contribution in [3.05, 3.63) is 83.7 Å². The van der Waals surface area contributed by atoms with Crippen LogP contribution in [0.5, 0.6) is 0 Å². The zero-order valence-electron chi connectivity index (χ0n) is 12.4. The lowest BCUT2D eigenvalue weighted by molar-refractivity contribution is 1.47. The number of aryl methyl sites for hydroxylation is 1. The van der Waals surface area contributed by atoms with Crippen LogP contribution in [0.1, 0.15) is 5.56 Å². The van der Waals surface area contributed by atoms with Crippen LogP contribution in [0.25, 0.3) is 32.3 Å². The molecule has 0 N–H and O–H groups in total. The molecule has 3 aromatic carbocycles. The van der Waals surface area contributed by atoms with Crippen LogP contribution in [0.15, 0.2) is 78.2 Å². The fourth-order valence-electron chi connectivity index (χ4n) is 2.81. The van der Waals surface area contributed by atoms with Crippen LogP contribution < -0.4 is 0 Å². The fourth-order valence-corrected chi connectivity index (χ4v) is 3.74. The first-order valence-electron chi connectivity index (χ1n) is 7.45. The number of rotatable bonds is 2. The van der Waals surface area contributed by atoms with Crippen molar-refractivity contribution in [3.63, 3.8) is 0 Å². The van der Waals surface area contributed by atoms with Gasteiger partial charge in [-0.3, -0.25) is 0 Å². The average molecular weight is 300 g/mol. The third-order valence-electron chi connectivity index (χ3n) is 4.06. The molecule has 1 heterocycles. The number of hydrogen-bond donors (Lipinski definition) is 0. The van der Waals surface area contributed by atoms with Gasteiger partial charge in [0.05, 0.1) is 0 Å². The molecule has 0 spiro atoms. The Morgan fingerprint density at radius 2 is 1.27 bits per heavy atom. The molecule has 0 saturated carbocycles. The van der Waals surface area contributed by atoms with Crippen molar-refractivity contribution in [3.8, 4) is 22.3 Å². The third kappa shape index (κ3) is 2.34. The van der Waals surface area contributed by atoms with E-state index in [9.17, 15) is 0 Å². The van der Waals surface area contributed by atoms with Gasteiger partial charge >= 0.3 is 0 Å². The maximum absolute atomic E-state index is 2.23. The third-order valence-corrected chi connectivity index (χ3v) is 5.02. The summed E-state index contributed by atoms with van der Waals surface area (Å²) < 4.78 is 1.37. The highest BCUT2D eigenvalue weighted by Crippen LogP contribution is 2.33. The molecule has 0 aliphatic carbocycles. The SMILES string of the molecule is Cc1ccc(-c2ccc(-c3cccc4ccsc34)cc2)cc1. The summed E-state index contributed by atoms with van der Waals surface area (Å²) in [7, 11) is 0. The molecule has 4 rings (SSSR count). The molecule has 1 aromatic heterocycles. The van der Waals surface area contributed by atoms with Crippen LogP contribution in [0.4, 0.5) is 0 Å². The normalized spacial score (nSPS) is 11.0. The van der Waals surface area contributed by atoms with E-state index in [0.717, 1.165) is 0 Å². The van der Waals surface area contributed by atoms with E-state index in [4.69, 9.17) is 0 Å². The quantitative estimate of drug-likeness (QED) is 0.394. The molecule has 1 heteroatoms. The molecule has 106 valence electrons. The Morgan fingerprint density at radius 3 is 2.00 bits per heavy atom. The molecule has 0 atom stereocenters. The largest absolute Gasteiger partial charge is 0.143 e. The highest BCUT2D eigenvalue weighted by Gasteiger charge is 2.05. The molecular weight excluding hydrogens is 284 g/mol. The van der Waals surface area contributed by atoms with Crippen molar-refractivity contribution in [2.45, 2.75) is 6.92 Å². The molecular formula is C21H16S. The lowest BCUT2D eigenvalue weighted by Crippen LogP contribution is -1.81. The van der Waals surface area contributed by atoms with Gasteiger partial charge in [0.2, 0.25) is 0 Å². The molecule has 0 aliphatic rings. The molecule has 4 aromatic rings. The van der Waals surface area contributed by atoms with E-state index in [1.54, 1.807) is 0 Å². The van der Waals surface area contributed by atoms with Crippen molar-refractivity contribution >= 4 is 21.4 Å². The highest BCUT2D eigenvalue weighted by molar-refractivity contribution is 7.17. The number of thiophene rings is 1. The Hall–Kier alpha value is -2.38. The first kappa shape index (κ1) is 13.3. The van der Waals surface area contributed by atoms with Crippen LogP contribution in [0.3, 0.4) is 0 Å². The van der Waals surface area contributed by atoms with Gasteiger partial charge in [0.25, 0.3) is 0 Å². The van der Waals surface area contributed by atoms with Crippen molar-refractivity contribution in [1.29, 1.82) is 0 Å². The average Bonchev–Trinajstić information content (AvgIpc) is 3.04. The van der Waals surface area contributed by atoms with E-state index >= 15 is 0 Å². The standard InChI is InChI=1S/C21H16S/c1-15-5-7-16(8-6-15)17-9-11-18(12-10-17)20-4-2-3-19-13-14-22-21(19)20/h2-14H,1H3. The minimum atomic E-state index is 1.27. The van der Waals surface area contributed by atoms with Crippen molar-refractivity contribution in [2.75, 3.05) is 0 Å². The van der Waals surface area contributed by atoms with E-state index < -0.39 is 0 Å². The Labute approximate surface area is 134 Å². The fraction of sp³-hybridized carbons (Fsp3) is 0.0476. The van der Waals surface area contributed by atoms with E-state index in [1.165, 1.54) is 37.9 Å². The van der Waals surface area contributed by atoms with Crippen LogP contribution >= 0.6 is 11.3 Å². The van der Waals surface area contributed by atoms with Crippen molar-refractivity contribution in [2.24, 2.45) is 0 Å². The second kappa shape index (κ2) is 5.43. The lowest BCUT2D eigenvalue weighted by Gasteiger charge is -2.06. The van der Waals surface area contributed by atoms with E-state index in [0.29, 0.717) is 0 Å². The van der Waals surface area contributed by atoms with Gasteiger partial charge in [0.1, 0.15) is 0 Å². The maximum atomic E-state index is 2.23. The second-order valence-corrected chi connectivity index (χ2v) is 6.50. The van der Waals surface area contributed by atoms with Crippen molar-refractivity contribution < 1.29 is 0 Å². The molecule has 0 radical (unpaired) electrons. The predicted octanol–water partition coefficient (Wildman–Crippen LogP) is 6.54. The molecule has 0 aliphatic heterocycles. The van der Waals surface area contributed by atoms with Gasteiger partial charge in [-0.1, -0.05) is 72.3 Å². The minimum absolute atomic E-state index is 1.27. The summed E-state index contributed by atoms with van der Waals surface area (Å²) in [4.78, 5) is 0. The summed E-state index contributed by atoms with van der Waals surface area (Å²) in [5.41, 5.74) is 6.44. The second-order valence-electron chi connectivity index (χ2n) is 5.59. The first-order valence-corrected chi connectivity index (χ1v) is 8.33. The summed E-state index contributed by atoms with van der Waals surface area (Å²) in [5, 5.41) is 3.49. The van der Waals surface area contributed by atoms with E-state index in [-0.39, 0.29) is 0 Å². The molecule has 0 amide bonds. The molecule has 0 fully saturated rings.